The van der Waals surface area contributed by atoms with Crippen molar-refractivity contribution < 1.29 is 13.5 Å². The highest BCUT2D eigenvalue weighted by Gasteiger charge is 2.25. The number of fused-ring (bicyclic) bond motifs is 2. The van der Waals surface area contributed by atoms with Gasteiger partial charge in [0.2, 0.25) is 0 Å². The van der Waals surface area contributed by atoms with Crippen LogP contribution in [0.5, 0.6) is 0 Å². The monoisotopic (exact) mass is 421 g/mol. The zero-order valence-electron chi connectivity index (χ0n) is 17.2. The molecule has 0 saturated carbocycles. The summed E-state index contributed by atoms with van der Waals surface area (Å²) in [5.41, 5.74) is 4.73. The molecule has 4 heterocycles. The van der Waals surface area contributed by atoms with Crippen molar-refractivity contribution in [1.29, 1.82) is 0 Å². The number of nitrogens with zero attached hydrogens (tertiary/aromatic N) is 4. The average molecular weight is 421 g/mol. The standard InChI is InChI=1S/C23H24FN5O2/c24-16-1-3-19-18(13-16)22(27-26-19)15-5-7-28(8-6-15)17-2-4-21-20(14-17)25-23(31-21)29-9-11-30-12-10-29/h1-4,13-15H,5-12H2,(H,26,27). The van der Waals surface area contributed by atoms with Gasteiger partial charge in [0.1, 0.15) is 11.3 Å². The lowest BCUT2D eigenvalue weighted by Crippen LogP contribution is -2.36. The lowest BCUT2D eigenvalue weighted by atomic mass is 9.91. The third-order valence-electron chi connectivity index (χ3n) is 6.46. The van der Waals surface area contributed by atoms with Crippen molar-refractivity contribution in [2.75, 3.05) is 49.2 Å². The molecule has 2 aromatic carbocycles. The highest BCUT2D eigenvalue weighted by molar-refractivity contribution is 5.82. The topological polar surface area (TPSA) is 70.4 Å². The number of hydrogen-bond donors (Lipinski definition) is 1. The molecule has 2 aliphatic heterocycles. The molecular formula is C23H24FN5O2. The van der Waals surface area contributed by atoms with Gasteiger partial charge < -0.3 is 19.0 Å². The molecule has 2 aliphatic rings. The molecule has 0 bridgehead atoms. The number of anilines is 2. The lowest BCUT2D eigenvalue weighted by Gasteiger charge is -2.33. The van der Waals surface area contributed by atoms with E-state index in [1.54, 1.807) is 12.1 Å². The van der Waals surface area contributed by atoms with Crippen molar-refractivity contribution in [2.24, 2.45) is 0 Å². The number of piperidine rings is 1. The van der Waals surface area contributed by atoms with Crippen LogP contribution in [0.4, 0.5) is 16.1 Å². The van der Waals surface area contributed by atoms with Gasteiger partial charge in [-0.25, -0.2) is 4.39 Å². The molecule has 2 fully saturated rings. The van der Waals surface area contributed by atoms with Crippen molar-refractivity contribution >= 4 is 33.7 Å². The van der Waals surface area contributed by atoms with Crippen LogP contribution >= 0.6 is 0 Å². The number of aromatic amines is 1. The Bertz CT molecular complexity index is 1220. The predicted molar refractivity (Wildman–Crippen MR) is 117 cm³/mol. The SMILES string of the molecule is Fc1ccc2n[nH]c(C3CCN(c4ccc5oc(N6CCOCC6)nc5c4)CC3)c2c1. The van der Waals surface area contributed by atoms with Crippen LogP contribution in [-0.4, -0.2) is 54.6 Å². The molecule has 0 spiro atoms. The van der Waals surface area contributed by atoms with E-state index in [9.17, 15) is 4.39 Å². The van der Waals surface area contributed by atoms with Gasteiger partial charge in [-0.3, -0.25) is 5.10 Å². The summed E-state index contributed by atoms with van der Waals surface area (Å²) in [6.45, 7) is 4.88. The van der Waals surface area contributed by atoms with Gasteiger partial charge in [0.25, 0.3) is 6.01 Å². The maximum Gasteiger partial charge on any atom is 0.298 e. The van der Waals surface area contributed by atoms with E-state index in [0.29, 0.717) is 25.1 Å². The average Bonchev–Trinajstić information content (AvgIpc) is 3.43. The molecule has 0 atom stereocenters. The number of H-pyrrole nitrogens is 1. The van der Waals surface area contributed by atoms with Crippen molar-refractivity contribution in [1.82, 2.24) is 15.2 Å². The predicted octanol–water partition coefficient (Wildman–Crippen LogP) is 4.06. The number of rotatable bonds is 3. The quantitative estimate of drug-likeness (QED) is 0.538. The maximum atomic E-state index is 13.7. The molecule has 1 N–H and O–H groups in total. The lowest BCUT2D eigenvalue weighted by molar-refractivity contribution is 0.120. The van der Waals surface area contributed by atoms with Gasteiger partial charge in [-0.1, -0.05) is 0 Å². The first-order valence-corrected chi connectivity index (χ1v) is 10.9. The summed E-state index contributed by atoms with van der Waals surface area (Å²) in [6.07, 6.45) is 1.98. The summed E-state index contributed by atoms with van der Waals surface area (Å²) in [5.74, 6) is 0.136. The Kier molecular flexibility index (Phi) is 4.52. The van der Waals surface area contributed by atoms with Crippen molar-refractivity contribution in [3.05, 3.63) is 47.9 Å². The second kappa shape index (κ2) is 7.53. The Morgan fingerprint density at radius 3 is 2.61 bits per heavy atom. The molecule has 0 unspecified atom stereocenters. The van der Waals surface area contributed by atoms with Crippen molar-refractivity contribution in [3.63, 3.8) is 0 Å². The number of halogens is 1. The van der Waals surface area contributed by atoms with E-state index in [4.69, 9.17) is 14.1 Å². The molecule has 2 saturated heterocycles. The van der Waals surface area contributed by atoms with Gasteiger partial charge in [0, 0.05) is 48.9 Å². The molecule has 2 aromatic heterocycles. The van der Waals surface area contributed by atoms with Crippen LogP contribution in [0.15, 0.2) is 40.8 Å². The van der Waals surface area contributed by atoms with E-state index < -0.39 is 0 Å². The maximum absolute atomic E-state index is 13.7. The molecule has 0 radical (unpaired) electrons. The van der Waals surface area contributed by atoms with Crippen LogP contribution < -0.4 is 9.80 Å². The van der Waals surface area contributed by atoms with E-state index in [-0.39, 0.29) is 5.82 Å². The third-order valence-corrected chi connectivity index (χ3v) is 6.46. The highest BCUT2D eigenvalue weighted by atomic mass is 19.1. The van der Waals surface area contributed by atoms with Crippen molar-refractivity contribution in [3.8, 4) is 0 Å². The molecule has 4 aromatic rings. The fourth-order valence-corrected chi connectivity index (χ4v) is 4.73. The molecule has 7 nitrogen and oxygen atoms in total. The third kappa shape index (κ3) is 3.40. The summed E-state index contributed by atoms with van der Waals surface area (Å²) < 4.78 is 25.1. The fraction of sp³-hybridized carbons (Fsp3) is 0.391. The number of aromatic nitrogens is 3. The Labute approximate surface area is 178 Å². The molecule has 0 amide bonds. The van der Waals surface area contributed by atoms with Crippen molar-refractivity contribution in [2.45, 2.75) is 18.8 Å². The van der Waals surface area contributed by atoms with Gasteiger partial charge in [0.05, 0.1) is 18.7 Å². The van der Waals surface area contributed by atoms with E-state index in [1.165, 1.54) is 6.07 Å². The first-order valence-electron chi connectivity index (χ1n) is 10.9. The molecular weight excluding hydrogens is 397 g/mol. The van der Waals surface area contributed by atoms with Gasteiger partial charge in [0.15, 0.2) is 5.58 Å². The zero-order valence-corrected chi connectivity index (χ0v) is 17.2. The van der Waals surface area contributed by atoms with Gasteiger partial charge in [-0.05, 0) is 49.2 Å². The summed E-state index contributed by atoms with van der Waals surface area (Å²) >= 11 is 0. The Hall–Kier alpha value is -3.13. The van der Waals surface area contributed by atoms with Gasteiger partial charge in [-0.15, -0.1) is 0 Å². The number of nitrogens with one attached hydrogen (secondary N) is 1. The largest absolute Gasteiger partial charge is 0.423 e. The number of oxazole rings is 1. The minimum absolute atomic E-state index is 0.218. The van der Waals surface area contributed by atoms with E-state index in [1.807, 2.05) is 6.07 Å². The van der Waals surface area contributed by atoms with E-state index in [2.05, 4.69) is 32.1 Å². The Morgan fingerprint density at radius 1 is 0.935 bits per heavy atom. The van der Waals surface area contributed by atoms with Crippen LogP contribution in [-0.2, 0) is 4.74 Å². The minimum Gasteiger partial charge on any atom is -0.423 e. The fourth-order valence-electron chi connectivity index (χ4n) is 4.73. The Morgan fingerprint density at radius 2 is 1.77 bits per heavy atom. The Balaban J connectivity index is 1.19. The number of hydrogen-bond acceptors (Lipinski definition) is 6. The van der Waals surface area contributed by atoms with Gasteiger partial charge >= 0.3 is 0 Å². The first-order chi connectivity index (χ1) is 15.2. The second-order valence-corrected chi connectivity index (χ2v) is 8.31. The second-order valence-electron chi connectivity index (χ2n) is 8.31. The smallest absolute Gasteiger partial charge is 0.298 e. The summed E-state index contributed by atoms with van der Waals surface area (Å²) in [7, 11) is 0. The summed E-state index contributed by atoms with van der Waals surface area (Å²) in [5, 5.41) is 8.40. The molecule has 31 heavy (non-hydrogen) atoms. The first kappa shape index (κ1) is 18.6. The molecule has 0 aliphatic carbocycles. The minimum atomic E-state index is -0.218. The van der Waals surface area contributed by atoms with Crippen LogP contribution in [0.3, 0.4) is 0 Å². The van der Waals surface area contributed by atoms with Crippen LogP contribution in [0.1, 0.15) is 24.5 Å². The van der Waals surface area contributed by atoms with Crippen LogP contribution in [0.2, 0.25) is 0 Å². The summed E-state index contributed by atoms with van der Waals surface area (Å²) in [6, 6.07) is 11.7. The highest BCUT2D eigenvalue weighted by Crippen LogP contribution is 2.34. The molecule has 6 rings (SSSR count). The van der Waals surface area contributed by atoms with E-state index in [0.717, 1.165) is 72.4 Å². The van der Waals surface area contributed by atoms with Crippen LogP contribution in [0.25, 0.3) is 22.0 Å². The summed E-state index contributed by atoms with van der Waals surface area (Å²) in [4.78, 5) is 9.24. The molecule has 160 valence electrons. The molecule has 8 heteroatoms. The zero-order chi connectivity index (χ0) is 20.8. The van der Waals surface area contributed by atoms with Gasteiger partial charge in [-0.2, -0.15) is 10.1 Å². The number of benzene rings is 2. The number of morpholine rings is 1. The normalized spacial score (nSPS) is 18.4. The van der Waals surface area contributed by atoms with E-state index >= 15 is 0 Å². The van der Waals surface area contributed by atoms with Crippen LogP contribution in [0, 0.1) is 5.82 Å². The number of ether oxygens (including phenoxy) is 1.